The number of hydrogen-bond acceptors (Lipinski definition) is 5. The molecule has 1 N–H and O–H groups in total. The van der Waals surface area contributed by atoms with Crippen LogP contribution in [-0.2, 0) is 9.53 Å². The van der Waals surface area contributed by atoms with Crippen LogP contribution in [0.3, 0.4) is 0 Å². The van der Waals surface area contributed by atoms with Gasteiger partial charge in [0.2, 0.25) is 0 Å². The molecule has 0 aliphatic rings. The Morgan fingerprint density at radius 2 is 2.25 bits per heavy atom. The van der Waals surface area contributed by atoms with Crippen molar-refractivity contribution in [3.05, 3.63) is 52.5 Å². The minimum atomic E-state index is -0.218. The van der Waals surface area contributed by atoms with Gasteiger partial charge < -0.3 is 10.1 Å². The molecule has 2 aromatic rings. The lowest BCUT2D eigenvalue weighted by Gasteiger charge is -2.21. The molecule has 20 heavy (non-hydrogen) atoms. The number of esters is 1. The monoisotopic (exact) mass is 290 g/mol. The first-order chi connectivity index (χ1) is 9.70. The van der Waals surface area contributed by atoms with E-state index in [1.165, 1.54) is 7.11 Å². The molecule has 0 spiro atoms. The van der Waals surface area contributed by atoms with Crippen molar-refractivity contribution in [2.24, 2.45) is 0 Å². The number of pyridine rings is 1. The standard InChI is InChI=1S/C15H18N2O2S/c1-11(12-6-3-4-8-16-12)17-13(10-15(18)19-2)14-7-5-9-20-14/h3-9,11,13,17H,10H2,1-2H3. The summed E-state index contributed by atoms with van der Waals surface area (Å²) in [7, 11) is 1.41. The predicted octanol–water partition coefficient (Wildman–Crippen LogP) is 3.10. The molecule has 2 atom stereocenters. The van der Waals surface area contributed by atoms with Gasteiger partial charge >= 0.3 is 5.97 Å². The fourth-order valence-electron chi connectivity index (χ4n) is 2.00. The number of methoxy groups -OCH3 is 1. The molecule has 4 nitrogen and oxygen atoms in total. The van der Waals surface area contributed by atoms with E-state index in [4.69, 9.17) is 4.74 Å². The maximum atomic E-state index is 11.6. The van der Waals surface area contributed by atoms with Gasteiger partial charge in [0.1, 0.15) is 0 Å². The molecule has 2 aromatic heterocycles. The summed E-state index contributed by atoms with van der Waals surface area (Å²) in [6.45, 7) is 2.04. The van der Waals surface area contributed by atoms with Gasteiger partial charge in [0, 0.05) is 17.1 Å². The number of rotatable bonds is 6. The van der Waals surface area contributed by atoms with E-state index >= 15 is 0 Å². The second-order valence-electron chi connectivity index (χ2n) is 4.49. The number of hydrogen-bond donors (Lipinski definition) is 1. The Morgan fingerprint density at radius 1 is 1.40 bits per heavy atom. The first-order valence-electron chi connectivity index (χ1n) is 6.48. The Labute approximate surface area is 122 Å². The average Bonchev–Trinajstić information content (AvgIpc) is 3.01. The highest BCUT2D eigenvalue weighted by Crippen LogP contribution is 2.25. The summed E-state index contributed by atoms with van der Waals surface area (Å²) in [5, 5.41) is 5.45. The molecule has 106 valence electrons. The first-order valence-corrected chi connectivity index (χ1v) is 7.36. The molecule has 2 heterocycles. The fraction of sp³-hybridized carbons (Fsp3) is 0.333. The number of nitrogens with one attached hydrogen (secondary N) is 1. The molecule has 2 rings (SSSR count). The molecule has 0 aliphatic carbocycles. The van der Waals surface area contributed by atoms with Crippen molar-refractivity contribution < 1.29 is 9.53 Å². The van der Waals surface area contributed by atoms with Crippen LogP contribution < -0.4 is 5.32 Å². The third-order valence-electron chi connectivity index (χ3n) is 3.07. The van der Waals surface area contributed by atoms with Crippen LogP contribution in [0.25, 0.3) is 0 Å². The van der Waals surface area contributed by atoms with E-state index in [0.29, 0.717) is 6.42 Å². The topological polar surface area (TPSA) is 51.2 Å². The predicted molar refractivity (Wildman–Crippen MR) is 79.5 cm³/mol. The molecule has 0 bridgehead atoms. The van der Waals surface area contributed by atoms with Crippen LogP contribution in [-0.4, -0.2) is 18.1 Å². The molecule has 0 radical (unpaired) electrons. The Kier molecular flexibility index (Phi) is 5.26. The van der Waals surface area contributed by atoms with E-state index in [9.17, 15) is 4.79 Å². The van der Waals surface area contributed by atoms with Crippen LogP contribution in [0.15, 0.2) is 41.9 Å². The highest BCUT2D eigenvalue weighted by Gasteiger charge is 2.20. The number of nitrogens with zero attached hydrogens (tertiary/aromatic N) is 1. The lowest BCUT2D eigenvalue weighted by molar-refractivity contribution is -0.141. The lowest BCUT2D eigenvalue weighted by atomic mass is 10.1. The van der Waals surface area contributed by atoms with E-state index in [2.05, 4.69) is 10.3 Å². The van der Waals surface area contributed by atoms with Crippen molar-refractivity contribution >= 4 is 17.3 Å². The third-order valence-corrected chi connectivity index (χ3v) is 4.05. The highest BCUT2D eigenvalue weighted by atomic mass is 32.1. The zero-order valence-corrected chi connectivity index (χ0v) is 12.4. The smallest absolute Gasteiger partial charge is 0.307 e. The van der Waals surface area contributed by atoms with Crippen molar-refractivity contribution in [1.82, 2.24) is 10.3 Å². The summed E-state index contributed by atoms with van der Waals surface area (Å²) in [4.78, 5) is 17.0. The zero-order chi connectivity index (χ0) is 14.4. The second-order valence-corrected chi connectivity index (χ2v) is 5.47. The molecule has 5 heteroatoms. The van der Waals surface area contributed by atoms with Crippen LogP contribution in [0, 0.1) is 0 Å². The van der Waals surface area contributed by atoms with Gasteiger partial charge in [-0.2, -0.15) is 0 Å². The van der Waals surface area contributed by atoms with Crippen LogP contribution in [0.1, 0.15) is 36.0 Å². The maximum absolute atomic E-state index is 11.6. The highest BCUT2D eigenvalue weighted by molar-refractivity contribution is 7.10. The molecule has 0 aromatic carbocycles. The number of aromatic nitrogens is 1. The van der Waals surface area contributed by atoms with Gasteiger partial charge in [-0.05, 0) is 30.5 Å². The normalized spacial score (nSPS) is 13.7. The summed E-state index contributed by atoms with van der Waals surface area (Å²) in [5.74, 6) is -0.218. The summed E-state index contributed by atoms with van der Waals surface area (Å²) in [5.41, 5.74) is 0.957. The van der Waals surface area contributed by atoms with Crippen molar-refractivity contribution in [2.45, 2.75) is 25.4 Å². The lowest BCUT2D eigenvalue weighted by Crippen LogP contribution is -2.27. The summed E-state index contributed by atoms with van der Waals surface area (Å²) in [6, 6.07) is 9.84. The Balaban J connectivity index is 2.09. The third kappa shape index (κ3) is 3.88. The van der Waals surface area contributed by atoms with Gasteiger partial charge in [0.15, 0.2) is 0 Å². The van der Waals surface area contributed by atoms with Crippen LogP contribution in [0.2, 0.25) is 0 Å². The van der Waals surface area contributed by atoms with Crippen LogP contribution in [0.5, 0.6) is 0 Å². The largest absolute Gasteiger partial charge is 0.469 e. The van der Waals surface area contributed by atoms with Gasteiger partial charge in [0.25, 0.3) is 0 Å². The quantitative estimate of drug-likeness (QED) is 0.831. The number of carbonyl (C=O) groups excluding carboxylic acids is 1. The molecule has 0 saturated carbocycles. The van der Waals surface area contributed by atoms with Crippen molar-refractivity contribution in [1.29, 1.82) is 0 Å². The summed E-state index contributed by atoms with van der Waals surface area (Å²) >= 11 is 1.63. The Bertz CT molecular complexity index is 528. The Hall–Kier alpha value is -1.72. The molecule has 0 fully saturated rings. The molecule has 0 aliphatic heterocycles. The van der Waals surface area contributed by atoms with Gasteiger partial charge in [-0.15, -0.1) is 11.3 Å². The second kappa shape index (κ2) is 7.17. The maximum Gasteiger partial charge on any atom is 0.307 e. The Morgan fingerprint density at radius 3 is 2.85 bits per heavy atom. The average molecular weight is 290 g/mol. The van der Waals surface area contributed by atoms with E-state index in [1.807, 2.05) is 42.6 Å². The first kappa shape index (κ1) is 14.7. The van der Waals surface area contributed by atoms with E-state index in [1.54, 1.807) is 17.5 Å². The number of carbonyl (C=O) groups is 1. The van der Waals surface area contributed by atoms with Gasteiger partial charge in [-0.1, -0.05) is 12.1 Å². The molecule has 0 saturated heterocycles. The van der Waals surface area contributed by atoms with E-state index in [0.717, 1.165) is 10.6 Å². The van der Waals surface area contributed by atoms with Gasteiger partial charge in [-0.25, -0.2) is 0 Å². The molecular formula is C15H18N2O2S. The number of ether oxygens (including phenoxy) is 1. The van der Waals surface area contributed by atoms with Gasteiger partial charge in [-0.3, -0.25) is 9.78 Å². The van der Waals surface area contributed by atoms with E-state index in [-0.39, 0.29) is 18.1 Å². The van der Waals surface area contributed by atoms with Gasteiger partial charge in [0.05, 0.1) is 25.3 Å². The zero-order valence-electron chi connectivity index (χ0n) is 11.6. The SMILES string of the molecule is COC(=O)CC(NC(C)c1ccccn1)c1cccs1. The molecule has 0 amide bonds. The fourth-order valence-corrected chi connectivity index (χ4v) is 2.79. The minimum Gasteiger partial charge on any atom is -0.469 e. The van der Waals surface area contributed by atoms with E-state index < -0.39 is 0 Å². The number of thiophene rings is 1. The van der Waals surface area contributed by atoms with Crippen molar-refractivity contribution in [3.63, 3.8) is 0 Å². The van der Waals surface area contributed by atoms with Crippen LogP contribution >= 0.6 is 11.3 Å². The summed E-state index contributed by atoms with van der Waals surface area (Å²) in [6.07, 6.45) is 2.09. The van der Waals surface area contributed by atoms with Crippen molar-refractivity contribution in [2.75, 3.05) is 7.11 Å². The van der Waals surface area contributed by atoms with Crippen LogP contribution in [0.4, 0.5) is 0 Å². The summed E-state index contributed by atoms with van der Waals surface area (Å²) < 4.78 is 4.78. The molecular weight excluding hydrogens is 272 g/mol. The molecule has 2 unspecified atom stereocenters. The van der Waals surface area contributed by atoms with Crippen molar-refractivity contribution in [3.8, 4) is 0 Å². The minimum absolute atomic E-state index is 0.0561.